The first-order valence-corrected chi connectivity index (χ1v) is 8.57. The first-order chi connectivity index (χ1) is 12.5. The van der Waals surface area contributed by atoms with Gasteiger partial charge in [-0.1, -0.05) is 19.9 Å². The molecular weight excluding hydrogens is 334 g/mol. The molecule has 8 nitrogen and oxygen atoms in total. The van der Waals surface area contributed by atoms with Crippen LogP contribution in [0.15, 0.2) is 43.0 Å². The average molecular weight is 359 g/mol. The van der Waals surface area contributed by atoms with E-state index in [1.807, 2.05) is 24.6 Å². The maximum absolute atomic E-state index is 11.9. The minimum absolute atomic E-state index is 0.270. The molecule has 1 aromatic heterocycles. The summed E-state index contributed by atoms with van der Waals surface area (Å²) in [4.78, 5) is 27.6. The van der Waals surface area contributed by atoms with Crippen molar-refractivity contribution in [3.05, 3.63) is 43.0 Å². The van der Waals surface area contributed by atoms with Crippen LogP contribution in [0.1, 0.15) is 20.3 Å². The molecule has 0 spiro atoms. The van der Waals surface area contributed by atoms with Gasteiger partial charge in [-0.05, 0) is 30.5 Å². The van der Waals surface area contributed by atoms with Crippen LogP contribution in [0, 0.1) is 5.92 Å². The number of aromatic nitrogens is 2. The van der Waals surface area contributed by atoms with Gasteiger partial charge >= 0.3 is 12.1 Å². The first kappa shape index (κ1) is 19.3. The van der Waals surface area contributed by atoms with Crippen LogP contribution >= 0.6 is 0 Å². The highest BCUT2D eigenvalue weighted by Gasteiger charge is 2.06. The van der Waals surface area contributed by atoms with Gasteiger partial charge in [-0.2, -0.15) is 0 Å². The molecule has 0 bridgehead atoms. The van der Waals surface area contributed by atoms with E-state index in [1.54, 1.807) is 36.8 Å². The Hall–Kier alpha value is -3.03. The van der Waals surface area contributed by atoms with Gasteiger partial charge in [0.05, 0.1) is 12.9 Å². The summed E-state index contributed by atoms with van der Waals surface area (Å²) in [6, 6.07) is 6.59. The molecule has 26 heavy (non-hydrogen) atoms. The molecule has 3 N–H and O–H groups in total. The van der Waals surface area contributed by atoms with Crippen LogP contribution in [0.25, 0.3) is 0 Å². The molecule has 2 aromatic rings. The third-order valence-electron chi connectivity index (χ3n) is 3.35. The van der Waals surface area contributed by atoms with E-state index >= 15 is 0 Å². The Labute approximate surface area is 152 Å². The predicted molar refractivity (Wildman–Crippen MR) is 100 cm³/mol. The molecule has 0 atom stereocenters. The van der Waals surface area contributed by atoms with E-state index in [0.29, 0.717) is 24.5 Å². The van der Waals surface area contributed by atoms with E-state index in [-0.39, 0.29) is 11.9 Å². The lowest BCUT2D eigenvalue weighted by molar-refractivity contribution is 0.147. The van der Waals surface area contributed by atoms with E-state index in [1.165, 1.54) is 0 Å². The number of nitrogens with one attached hydrogen (secondary N) is 3. The van der Waals surface area contributed by atoms with E-state index in [2.05, 4.69) is 20.9 Å². The summed E-state index contributed by atoms with van der Waals surface area (Å²) in [6.45, 7) is 5.62. The Balaban J connectivity index is 1.72. The van der Waals surface area contributed by atoms with Crippen molar-refractivity contribution in [3.63, 3.8) is 0 Å². The number of anilines is 2. The van der Waals surface area contributed by atoms with Crippen LogP contribution in [0.5, 0.6) is 0 Å². The molecule has 0 aliphatic carbocycles. The Kier molecular flexibility index (Phi) is 7.48. The van der Waals surface area contributed by atoms with Gasteiger partial charge in [-0.15, -0.1) is 0 Å². The number of nitrogens with zero attached hydrogens (tertiary/aromatic N) is 2. The summed E-state index contributed by atoms with van der Waals surface area (Å²) in [6.07, 6.45) is 5.63. The molecule has 2 rings (SSSR count). The molecule has 0 radical (unpaired) electrons. The second-order valence-electron chi connectivity index (χ2n) is 6.23. The number of amides is 3. The first-order valence-electron chi connectivity index (χ1n) is 8.57. The van der Waals surface area contributed by atoms with Crippen molar-refractivity contribution in [1.29, 1.82) is 0 Å². The highest BCUT2D eigenvalue weighted by Crippen LogP contribution is 2.15. The number of imidazole rings is 1. The second-order valence-corrected chi connectivity index (χ2v) is 6.23. The van der Waals surface area contributed by atoms with Crippen molar-refractivity contribution in [2.75, 3.05) is 23.8 Å². The number of hydrogen-bond acceptors (Lipinski definition) is 4. The van der Waals surface area contributed by atoms with Gasteiger partial charge in [-0.3, -0.25) is 5.32 Å². The normalized spacial score (nSPS) is 10.4. The Morgan fingerprint density at radius 1 is 1.23 bits per heavy atom. The number of ether oxygens (including phenoxy) is 1. The van der Waals surface area contributed by atoms with Crippen LogP contribution in [0.4, 0.5) is 21.0 Å². The lowest BCUT2D eigenvalue weighted by Crippen LogP contribution is -2.30. The fourth-order valence-electron chi connectivity index (χ4n) is 2.13. The zero-order valence-electron chi connectivity index (χ0n) is 15.1. The fourth-order valence-corrected chi connectivity index (χ4v) is 2.13. The third-order valence-corrected chi connectivity index (χ3v) is 3.35. The van der Waals surface area contributed by atoms with Gasteiger partial charge in [0, 0.05) is 36.9 Å². The average Bonchev–Trinajstić information content (AvgIpc) is 3.11. The summed E-state index contributed by atoms with van der Waals surface area (Å²) >= 11 is 0. The van der Waals surface area contributed by atoms with Gasteiger partial charge in [0.15, 0.2) is 0 Å². The standard InChI is InChI=1S/C18H25N5O3/c1-14(2)12-26-18(25)22-16-6-3-5-15(11-16)21-17(24)20-7-4-9-23-10-8-19-13-23/h3,5-6,8,10-11,13-14H,4,7,9,12H2,1-2H3,(H,22,25)(H2,20,21,24). The maximum atomic E-state index is 11.9. The van der Waals surface area contributed by atoms with Gasteiger partial charge in [-0.25, -0.2) is 14.6 Å². The highest BCUT2D eigenvalue weighted by atomic mass is 16.5. The Morgan fingerprint density at radius 3 is 2.69 bits per heavy atom. The number of aryl methyl sites for hydroxylation is 1. The molecule has 8 heteroatoms. The van der Waals surface area contributed by atoms with Gasteiger partial charge in [0.2, 0.25) is 0 Å². The molecule has 0 saturated carbocycles. The van der Waals surface area contributed by atoms with Gasteiger partial charge in [0.25, 0.3) is 0 Å². The van der Waals surface area contributed by atoms with Crippen molar-refractivity contribution in [2.24, 2.45) is 5.92 Å². The Bertz CT molecular complexity index is 701. The number of urea groups is 1. The zero-order valence-corrected chi connectivity index (χ0v) is 15.1. The van der Waals surface area contributed by atoms with Crippen molar-refractivity contribution >= 4 is 23.5 Å². The summed E-state index contributed by atoms with van der Waals surface area (Å²) in [5.74, 6) is 0.270. The van der Waals surface area contributed by atoms with Crippen LogP contribution in [0.3, 0.4) is 0 Å². The molecule has 0 fully saturated rings. The minimum Gasteiger partial charge on any atom is -0.449 e. The number of carbonyl (C=O) groups is 2. The highest BCUT2D eigenvalue weighted by molar-refractivity contribution is 5.91. The third kappa shape index (κ3) is 7.25. The second kappa shape index (κ2) is 10.1. The van der Waals surface area contributed by atoms with E-state index in [9.17, 15) is 9.59 Å². The van der Waals surface area contributed by atoms with Crippen LogP contribution in [0.2, 0.25) is 0 Å². The zero-order chi connectivity index (χ0) is 18.8. The van der Waals surface area contributed by atoms with Gasteiger partial charge in [0.1, 0.15) is 0 Å². The molecule has 0 aliphatic heterocycles. The quantitative estimate of drug-likeness (QED) is 0.630. The van der Waals surface area contributed by atoms with Crippen molar-refractivity contribution in [3.8, 4) is 0 Å². The van der Waals surface area contributed by atoms with Gasteiger partial charge < -0.3 is 19.9 Å². The number of benzene rings is 1. The number of carbonyl (C=O) groups excluding carboxylic acids is 2. The summed E-state index contributed by atoms with van der Waals surface area (Å²) in [5, 5.41) is 8.17. The molecule has 0 aliphatic rings. The maximum Gasteiger partial charge on any atom is 0.411 e. The molecule has 0 unspecified atom stereocenters. The number of rotatable bonds is 8. The van der Waals surface area contributed by atoms with Crippen LogP contribution < -0.4 is 16.0 Å². The Morgan fingerprint density at radius 2 is 2.00 bits per heavy atom. The fraction of sp³-hybridized carbons (Fsp3) is 0.389. The van der Waals surface area contributed by atoms with E-state index < -0.39 is 6.09 Å². The molecule has 0 saturated heterocycles. The lowest BCUT2D eigenvalue weighted by atomic mass is 10.2. The molecular formula is C18H25N5O3. The summed E-state index contributed by atoms with van der Waals surface area (Å²) in [5.41, 5.74) is 1.13. The SMILES string of the molecule is CC(C)COC(=O)Nc1cccc(NC(=O)NCCCn2ccnc2)c1. The largest absolute Gasteiger partial charge is 0.449 e. The topological polar surface area (TPSA) is 97.3 Å². The smallest absolute Gasteiger partial charge is 0.411 e. The predicted octanol–water partition coefficient (Wildman–Crippen LogP) is 3.30. The molecule has 1 aromatic carbocycles. The van der Waals surface area contributed by atoms with Crippen LogP contribution in [-0.2, 0) is 11.3 Å². The van der Waals surface area contributed by atoms with Crippen molar-refractivity contribution < 1.29 is 14.3 Å². The minimum atomic E-state index is -0.514. The lowest BCUT2D eigenvalue weighted by Gasteiger charge is -2.11. The molecule has 140 valence electrons. The molecule has 3 amide bonds. The van der Waals surface area contributed by atoms with Crippen molar-refractivity contribution in [1.82, 2.24) is 14.9 Å². The molecule has 1 heterocycles. The van der Waals surface area contributed by atoms with E-state index in [0.717, 1.165) is 13.0 Å². The van der Waals surface area contributed by atoms with Crippen molar-refractivity contribution in [2.45, 2.75) is 26.8 Å². The van der Waals surface area contributed by atoms with E-state index in [4.69, 9.17) is 4.74 Å². The van der Waals surface area contributed by atoms with Crippen LogP contribution in [-0.4, -0.2) is 34.8 Å². The summed E-state index contributed by atoms with van der Waals surface area (Å²) in [7, 11) is 0. The number of hydrogen-bond donors (Lipinski definition) is 3. The monoisotopic (exact) mass is 359 g/mol. The summed E-state index contributed by atoms with van der Waals surface area (Å²) < 4.78 is 7.02.